The summed E-state index contributed by atoms with van der Waals surface area (Å²) in [6, 6.07) is 1.93. The van der Waals surface area contributed by atoms with Crippen LogP contribution in [0.5, 0.6) is 0 Å². The number of aryl methyl sites for hydroxylation is 1. The summed E-state index contributed by atoms with van der Waals surface area (Å²) >= 11 is 0. The molecule has 0 aliphatic rings. The molecule has 0 bridgehead atoms. The van der Waals surface area contributed by atoms with E-state index in [1.807, 2.05) is 0 Å². The van der Waals surface area contributed by atoms with Gasteiger partial charge in [0.05, 0.1) is 4.92 Å². The second-order valence-corrected chi connectivity index (χ2v) is 5.66. The Bertz CT molecular complexity index is 447. The predicted octanol–water partition coefficient (Wildman–Crippen LogP) is 3.26. The van der Waals surface area contributed by atoms with Gasteiger partial charge in [-0.15, -0.1) is 0 Å². The number of rotatable bonds is 8. The normalized spacial score (nSPS) is 12.7. The maximum absolute atomic E-state index is 11.2. The van der Waals surface area contributed by atoms with E-state index in [1.54, 1.807) is 19.2 Å². The molecule has 0 saturated carbocycles. The molecule has 1 heterocycles. The lowest BCUT2D eigenvalue weighted by Crippen LogP contribution is -2.33. The molecule has 1 unspecified atom stereocenters. The van der Waals surface area contributed by atoms with Crippen LogP contribution in [0.2, 0.25) is 0 Å². The maximum Gasteiger partial charge on any atom is 0.293 e. The van der Waals surface area contributed by atoms with Crippen LogP contribution in [0, 0.1) is 23.0 Å². The second kappa shape index (κ2) is 7.94. The van der Waals surface area contributed by atoms with Crippen LogP contribution in [0.4, 0.5) is 5.69 Å². The molecule has 5 heteroatoms. The molecule has 1 aromatic rings. The van der Waals surface area contributed by atoms with E-state index < -0.39 is 0 Å². The van der Waals surface area contributed by atoms with Crippen LogP contribution in [0.1, 0.15) is 44.9 Å². The average molecular weight is 279 g/mol. The maximum atomic E-state index is 11.2. The Morgan fingerprint density at radius 1 is 1.45 bits per heavy atom. The standard InChI is InChI=1S/C15H25N3O2/c1-5-7-16-13(9-11(2)3)10-14-15(18(19)20)12(4)6-8-17-14/h6,8,11,13,16H,5,7,9-10H2,1-4H3. The number of nitro groups is 1. The Balaban J connectivity index is 2.92. The molecule has 1 atom stereocenters. The molecular formula is C15H25N3O2. The van der Waals surface area contributed by atoms with E-state index in [1.165, 1.54) is 0 Å². The highest BCUT2D eigenvalue weighted by Crippen LogP contribution is 2.23. The summed E-state index contributed by atoms with van der Waals surface area (Å²) < 4.78 is 0. The van der Waals surface area contributed by atoms with Crippen molar-refractivity contribution in [1.82, 2.24) is 10.3 Å². The van der Waals surface area contributed by atoms with Crippen molar-refractivity contribution >= 4 is 5.69 Å². The number of aromatic nitrogens is 1. The minimum atomic E-state index is -0.316. The molecule has 112 valence electrons. The number of nitrogens with zero attached hydrogens (tertiary/aromatic N) is 2. The summed E-state index contributed by atoms with van der Waals surface area (Å²) in [5.74, 6) is 0.549. The van der Waals surface area contributed by atoms with Gasteiger partial charge in [0, 0.05) is 24.2 Å². The van der Waals surface area contributed by atoms with Crippen molar-refractivity contribution in [1.29, 1.82) is 0 Å². The van der Waals surface area contributed by atoms with Crippen LogP contribution in [-0.2, 0) is 6.42 Å². The first kappa shape index (κ1) is 16.6. The molecule has 0 fully saturated rings. The predicted molar refractivity (Wildman–Crippen MR) is 80.9 cm³/mol. The molecule has 0 aliphatic heterocycles. The van der Waals surface area contributed by atoms with E-state index in [4.69, 9.17) is 0 Å². The van der Waals surface area contributed by atoms with Crippen molar-refractivity contribution in [3.63, 3.8) is 0 Å². The number of nitrogens with one attached hydrogen (secondary N) is 1. The van der Waals surface area contributed by atoms with Crippen LogP contribution in [-0.4, -0.2) is 22.5 Å². The topological polar surface area (TPSA) is 68.1 Å². The van der Waals surface area contributed by atoms with Crippen LogP contribution >= 0.6 is 0 Å². The molecule has 0 radical (unpaired) electrons. The molecule has 1 aromatic heterocycles. The van der Waals surface area contributed by atoms with E-state index >= 15 is 0 Å². The Morgan fingerprint density at radius 2 is 2.15 bits per heavy atom. The lowest BCUT2D eigenvalue weighted by atomic mass is 9.98. The summed E-state index contributed by atoms with van der Waals surface area (Å²) in [6.07, 6.45) is 4.31. The minimum Gasteiger partial charge on any atom is -0.314 e. The van der Waals surface area contributed by atoms with Gasteiger partial charge in [-0.1, -0.05) is 20.8 Å². The highest BCUT2D eigenvalue weighted by atomic mass is 16.6. The van der Waals surface area contributed by atoms with Gasteiger partial charge < -0.3 is 5.32 Å². The van der Waals surface area contributed by atoms with Crippen LogP contribution in [0.25, 0.3) is 0 Å². The van der Waals surface area contributed by atoms with Gasteiger partial charge >= 0.3 is 0 Å². The molecule has 0 aromatic carbocycles. The van der Waals surface area contributed by atoms with Gasteiger partial charge in [0.2, 0.25) is 0 Å². The van der Waals surface area contributed by atoms with E-state index in [0.717, 1.165) is 19.4 Å². The first-order chi connectivity index (χ1) is 9.45. The molecule has 1 rings (SSSR count). The monoisotopic (exact) mass is 279 g/mol. The zero-order valence-corrected chi connectivity index (χ0v) is 12.8. The van der Waals surface area contributed by atoms with E-state index in [-0.39, 0.29) is 16.7 Å². The summed E-state index contributed by atoms with van der Waals surface area (Å²) in [7, 11) is 0. The Labute approximate surface area is 121 Å². The lowest BCUT2D eigenvalue weighted by molar-refractivity contribution is -0.386. The van der Waals surface area contributed by atoms with E-state index in [9.17, 15) is 10.1 Å². The van der Waals surface area contributed by atoms with Crippen molar-refractivity contribution in [2.45, 2.75) is 53.0 Å². The lowest BCUT2D eigenvalue weighted by Gasteiger charge is -2.20. The SMILES string of the molecule is CCCNC(Cc1nccc(C)c1[N+](=O)[O-])CC(C)C. The van der Waals surface area contributed by atoms with E-state index in [2.05, 4.69) is 31.1 Å². The van der Waals surface area contributed by atoms with Gasteiger partial charge in [0.15, 0.2) is 0 Å². The Hall–Kier alpha value is -1.49. The molecule has 0 spiro atoms. The summed E-state index contributed by atoms with van der Waals surface area (Å²) in [6.45, 7) is 9.14. The molecule has 1 N–H and O–H groups in total. The molecule has 20 heavy (non-hydrogen) atoms. The number of hydrogen-bond acceptors (Lipinski definition) is 4. The summed E-state index contributed by atoms with van der Waals surface area (Å²) in [5, 5.41) is 14.7. The molecular weight excluding hydrogens is 254 g/mol. The van der Waals surface area contributed by atoms with Gasteiger partial charge in [0.25, 0.3) is 5.69 Å². The van der Waals surface area contributed by atoms with Gasteiger partial charge in [-0.2, -0.15) is 0 Å². The van der Waals surface area contributed by atoms with Gasteiger partial charge in [0.1, 0.15) is 5.69 Å². The summed E-state index contributed by atoms with van der Waals surface area (Å²) in [4.78, 5) is 15.1. The first-order valence-corrected chi connectivity index (χ1v) is 7.27. The fourth-order valence-electron chi connectivity index (χ4n) is 2.40. The van der Waals surface area contributed by atoms with Crippen LogP contribution in [0.15, 0.2) is 12.3 Å². The van der Waals surface area contributed by atoms with Crippen molar-refractivity contribution in [3.05, 3.63) is 33.6 Å². The zero-order chi connectivity index (χ0) is 15.1. The Morgan fingerprint density at radius 3 is 2.70 bits per heavy atom. The van der Waals surface area contributed by atoms with Crippen molar-refractivity contribution in [3.8, 4) is 0 Å². The zero-order valence-electron chi connectivity index (χ0n) is 12.8. The fraction of sp³-hybridized carbons (Fsp3) is 0.667. The third-order valence-electron chi connectivity index (χ3n) is 3.26. The average Bonchev–Trinajstić information content (AvgIpc) is 2.34. The highest BCUT2D eigenvalue weighted by Gasteiger charge is 2.21. The molecule has 0 aliphatic carbocycles. The molecule has 5 nitrogen and oxygen atoms in total. The van der Waals surface area contributed by atoms with Gasteiger partial charge in [-0.05, 0) is 38.3 Å². The Kier molecular flexibility index (Phi) is 6.58. The molecule has 0 amide bonds. The van der Waals surface area contributed by atoms with Gasteiger partial charge in [-0.3, -0.25) is 15.1 Å². The van der Waals surface area contributed by atoms with E-state index in [0.29, 0.717) is 23.6 Å². The second-order valence-electron chi connectivity index (χ2n) is 5.66. The van der Waals surface area contributed by atoms with Crippen LogP contribution < -0.4 is 5.32 Å². The largest absolute Gasteiger partial charge is 0.314 e. The number of hydrogen-bond donors (Lipinski definition) is 1. The summed E-state index contributed by atoms with van der Waals surface area (Å²) in [5.41, 5.74) is 1.43. The quantitative estimate of drug-likeness (QED) is 0.586. The third-order valence-corrected chi connectivity index (χ3v) is 3.26. The third kappa shape index (κ3) is 4.89. The molecule has 0 saturated heterocycles. The van der Waals surface area contributed by atoms with Gasteiger partial charge in [-0.25, -0.2) is 0 Å². The smallest absolute Gasteiger partial charge is 0.293 e. The first-order valence-electron chi connectivity index (χ1n) is 7.27. The van der Waals surface area contributed by atoms with Crippen molar-refractivity contribution in [2.24, 2.45) is 5.92 Å². The highest BCUT2D eigenvalue weighted by molar-refractivity contribution is 5.43. The minimum absolute atomic E-state index is 0.166. The fourth-order valence-corrected chi connectivity index (χ4v) is 2.40. The van der Waals surface area contributed by atoms with Crippen molar-refractivity contribution in [2.75, 3.05) is 6.54 Å². The van der Waals surface area contributed by atoms with Crippen molar-refractivity contribution < 1.29 is 4.92 Å². The number of pyridine rings is 1. The van der Waals surface area contributed by atoms with Crippen LogP contribution in [0.3, 0.4) is 0 Å².